The highest BCUT2D eigenvalue weighted by Crippen LogP contribution is 2.24. The van der Waals surface area contributed by atoms with E-state index in [0.29, 0.717) is 30.7 Å². The van der Waals surface area contributed by atoms with Crippen LogP contribution in [0.5, 0.6) is 0 Å². The third-order valence-corrected chi connectivity index (χ3v) is 5.13. The fraction of sp³-hybridized carbons (Fsp3) is 0.583. The van der Waals surface area contributed by atoms with Crippen molar-refractivity contribution in [3.05, 3.63) is 16.7 Å². The lowest BCUT2D eigenvalue weighted by Gasteiger charge is -2.22. The molecule has 1 aromatic rings. The van der Waals surface area contributed by atoms with Gasteiger partial charge in [-0.15, -0.1) is 0 Å². The first-order chi connectivity index (χ1) is 9.93. The zero-order valence-electron chi connectivity index (χ0n) is 12.1. The molecule has 0 aliphatic rings. The second kappa shape index (κ2) is 8.64. The van der Waals surface area contributed by atoms with Crippen molar-refractivity contribution < 1.29 is 17.9 Å². The Hall–Kier alpha value is -0.740. The van der Waals surface area contributed by atoms with Gasteiger partial charge in [-0.3, -0.25) is 0 Å². The van der Waals surface area contributed by atoms with Crippen molar-refractivity contribution in [2.75, 3.05) is 46.3 Å². The van der Waals surface area contributed by atoms with E-state index in [-0.39, 0.29) is 17.3 Å². The van der Waals surface area contributed by atoms with E-state index in [0.717, 1.165) is 0 Å². The highest BCUT2D eigenvalue weighted by atomic mass is 79.9. The Morgan fingerprint density at radius 1 is 1.29 bits per heavy atom. The molecule has 0 aromatic carbocycles. The number of aromatic nitrogens is 1. The monoisotopic (exact) mass is 381 g/mol. The average Bonchev–Trinajstić information content (AvgIpc) is 2.45. The third kappa shape index (κ3) is 5.19. The predicted molar refractivity (Wildman–Crippen MR) is 83.5 cm³/mol. The number of ether oxygens (including phenoxy) is 2. The molecule has 120 valence electrons. The lowest BCUT2D eigenvalue weighted by molar-refractivity contribution is 0.164. The van der Waals surface area contributed by atoms with E-state index in [1.54, 1.807) is 7.11 Å². The Kier molecular flexibility index (Phi) is 7.53. The lowest BCUT2D eigenvalue weighted by atomic mass is 10.4. The standard InChI is InChI=1S/C12H20BrN3O4S/c1-19-6-3-4-16(5-7-20-2)21(17,18)11-8-10(13)9-15-12(11)14/h8-9H,3-7H2,1-2H3,(H2,14,15). The Labute approximate surface area is 133 Å². The van der Waals surface area contributed by atoms with Crippen molar-refractivity contribution in [1.82, 2.24) is 9.29 Å². The number of halogens is 1. The number of sulfonamides is 1. The van der Waals surface area contributed by atoms with Crippen molar-refractivity contribution in [1.29, 1.82) is 0 Å². The normalized spacial score (nSPS) is 12.0. The molecule has 0 fully saturated rings. The van der Waals surface area contributed by atoms with E-state index < -0.39 is 10.0 Å². The number of nitrogen functional groups attached to an aromatic ring is 1. The van der Waals surface area contributed by atoms with Crippen LogP contribution in [0.1, 0.15) is 6.42 Å². The van der Waals surface area contributed by atoms with Crippen LogP contribution in [0.4, 0.5) is 5.82 Å². The smallest absolute Gasteiger partial charge is 0.246 e. The van der Waals surface area contributed by atoms with Gasteiger partial charge in [-0.1, -0.05) is 0 Å². The van der Waals surface area contributed by atoms with Gasteiger partial charge in [0.25, 0.3) is 0 Å². The maximum absolute atomic E-state index is 12.7. The number of anilines is 1. The molecule has 1 heterocycles. The van der Waals surface area contributed by atoms with Crippen molar-refractivity contribution in [3.63, 3.8) is 0 Å². The van der Waals surface area contributed by atoms with Crippen LogP contribution in [0.3, 0.4) is 0 Å². The maximum Gasteiger partial charge on any atom is 0.246 e. The van der Waals surface area contributed by atoms with Crippen LogP contribution in [0.25, 0.3) is 0 Å². The summed E-state index contributed by atoms with van der Waals surface area (Å²) in [6.07, 6.45) is 2.04. The summed E-state index contributed by atoms with van der Waals surface area (Å²) in [5.74, 6) is -0.0210. The van der Waals surface area contributed by atoms with E-state index in [1.165, 1.54) is 23.7 Å². The molecule has 0 atom stereocenters. The molecule has 0 aliphatic carbocycles. The van der Waals surface area contributed by atoms with Crippen molar-refractivity contribution in [2.24, 2.45) is 0 Å². The first-order valence-corrected chi connectivity index (χ1v) is 8.55. The molecular weight excluding hydrogens is 362 g/mol. The van der Waals surface area contributed by atoms with Gasteiger partial charge in [-0.25, -0.2) is 13.4 Å². The fourth-order valence-corrected chi connectivity index (χ4v) is 3.75. The molecule has 21 heavy (non-hydrogen) atoms. The molecule has 0 unspecified atom stereocenters. The van der Waals surface area contributed by atoms with Gasteiger partial charge in [0.1, 0.15) is 10.7 Å². The topological polar surface area (TPSA) is 94.8 Å². The Morgan fingerprint density at radius 2 is 1.95 bits per heavy atom. The molecule has 0 saturated carbocycles. The van der Waals surface area contributed by atoms with E-state index in [2.05, 4.69) is 20.9 Å². The zero-order valence-corrected chi connectivity index (χ0v) is 14.5. The van der Waals surface area contributed by atoms with Gasteiger partial charge in [-0.2, -0.15) is 4.31 Å². The van der Waals surface area contributed by atoms with Gasteiger partial charge >= 0.3 is 0 Å². The molecule has 2 N–H and O–H groups in total. The molecular formula is C12H20BrN3O4S. The highest BCUT2D eigenvalue weighted by molar-refractivity contribution is 9.10. The van der Waals surface area contributed by atoms with Crippen LogP contribution in [-0.2, 0) is 19.5 Å². The van der Waals surface area contributed by atoms with Gasteiger partial charge in [0.2, 0.25) is 10.0 Å². The molecule has 9 heteroatoms. The molecule has 0 aliphatic heterocycles. The fourth-order valence-electron chi connectivity index (χ4n) is 1.71. The quantitative estimate of drug-likeness (QED) is 0.643. The summed E-state index contributed by atoms with van der Waals surface area (Å²) in [6.45, 7) is 1.35. The van der Waals surface area contributed by atoms with Crippen LogP contribution in [0, 0.1) is 0 Å². The highest BCUT2D eigenvalue weighted by Gasteiger charge is 2.27. The van der Waals surface area contributed by atoms with E-state index in [9.17, 15) is 8.42 Å². The molecule has 0 saturated heterocycles. The number of nitrogens with zero attached hydrogens (tertiary/aromatic N) is 2. The SMILES string of the molecule is COCCCN(CCOC)S(=O)(=O)c1cc(Br)cnc1N. The minimum Gasteiger partial charge on any atom is -0.385 e. The van der Waals surface area contributed by atoms with Crippen LogP contribution >= 0.6 is 15.9 Å². The second-order valence-electron chi connectivity index (χ2n) is 4.28. The number of hydrogen-bond donors (Lipinski definition) is 1. The zero-order chi connectivity index (χ0) is 15.9. The summed E-state index contributed by atoms with van der Waals surface area (Å²) >= 11 is 3.21. The summed E-state index contributed by atoms with van der Waals surface area (Å²) in [6, 6.07) is 1.45. The first kappa shape index (κ1) is 18.3. The summed E-state index contributed by atoms with van der Waals surface area (Å²) < 4.78 is 37.2. The molecule has 0 amide bonds. The maximum atomic E-state index is 12.7. The summed E-state index contributed by atoms with van der Waals surface area (Å²) in [4.78, 5) is 3.86. The number of hydrogen-bond acceptors (Lipinski definition) is 6. The number of rotatable bonds is 9. The van der Waals surface area contributed by atoms with Gasteiger partial charge < -0.3 is 15.2 Å². The van der Waals surface area contributed by atoms with E-state index >= 15 is 0 Å². The first-order valence-electron chi connectivity index (χ1n) is 6.32. The van der Waals surface area contributed by atoms with Gasteiger partial charge in [-0.05, 0) is 28.4 Å². The van der Waals surface area contributed by atoms with E-state index in [4.69, 9.17) is 15.2 Å². The molecule has 0 bridgehead atoms. The summed E-state index contributed by atoms with van der Waals surface area (Å²) in [5.41, 5.74) is 5.70. The Morgan fingerprint density at radius 3 is 2.57 bits per heavy atom. The minimum absolute atomic E-state index is 0.00889. The van der Waals surface area contributed by atoms with Crippen molar-refractivity contribution in [2.45, 2.75) is 11.3 Å². The Balaban J connectivity index is 3.04. The average molecular weight is 382 g/mol. The number of pyridine rings is 1. The van der Waals surface area contributed by atoms with Crippen LogP contribution < -0.4 is 5.73 Å². The van der Waals surface area contributed by atoms with Gasteiger partial charge in [0.15, 0.2) is 0 Å². The number of methoxy groups -OCH3 is 2. The van der Waals surface area contributed by atoms with Crippen LogP contribution in [-0.4, -0.2) is 58.2 Å². The van der Waals surface area contributed by atoms with Crippen LogP contribution in [0.15, 0.2) is 21.6 Å². The minimum atomic E-state index is -3.73. The molecule has 7 nitrogen and oxygen atoms in total. The molecule has 0 spiro atoms. The second-order valence-corrected chi connectivity index (χ2v) is 7.10. The summed E-state index contributed by atoms with van der Waals surface area (Å²) in [7, 11) is -0.630. The largest absolute Gasteiger partial charge is 0.385 e. The lowest BCUT2D eigenvalue weighted by Crippen LogP contribution is -2.35. The molecule has 0 radical (unpaired) electrons. The number of nitrogens with two attached hydrogens (primary N) is 1. The summed E-state index contributed by atoms with van der Waals surface area (Å²) in [5, 5.41) is 0. The Bertz CT molecular complexity index is 553. The third-order valence-electron chi connectivity index (χ3n) is 2.77. The predicted octanol–water partition coefficient (Wildman–Crippen LogP) is 1.10. The van der Waals surface area contributed by atoms with Crippen molar-refractivity contribution >= 4 is 31.8 Å². The van der Waals surface area contributed by atoms with Crippen molar-refractivity contribution in [3.8, 4) is 0 Å². The molecule has 1 rings (SSSR count). The van der Waals surface area contributed by atoms with Crippen LogP contribution in [0.2, 0.25) is 0 Å². The van der Waals surface area contributed by atoms with Gasteiger partial charge in [0.05, 0.1) is 6.61 Å². The molecule has 1 aromatic heterocycles. The van der Waals surface area contributed by atoms with E-state index in [1.807, 2.05) is 0 Å². The van der Waals surface area contributed by atoms with Gasteiger partial charge in [0, 0.05) is 44.6 Å².